The van der Waals surface area contributed by atoms with Gasteiger partial charge in [0.15, 0.2) is 0 Å². The van der Waals surface area contributed by atoms with Crippen molar-refractivity contribution < 1.29 is 23.0 Å². The second kappa shape index (κ2) is 7.10. The molecule has 1 N–H and O–H groups in total. The highest BCUT2D eigenvalue weighted by Crippen LogP contribution is 2.31. The monoisotopic (exact) mass is 343 g/mol. The van der Waals surface area contributed by atoms with Crippen molar-refractivity contribution in [1.29, 1.82) is 0 Å². The van der Waals surface area contributed by atoms with Crippen LogP contribution in [0.1, 0.15) is 5.56 Å². The summed E-state index contributed by atoms with van der Waals surface area (Å²) in [6, 6.07) is 8.29. The standard InChI is InChI=1S/C14H17NO5S2/c1-19-10-15(12-4-3-5-13(8-12)20-2)22(17,18)14-11(9-16)6-7-21-14/h3-8,16H,9-10H2,1-2H3. The Hall–Kier alpha value is -1.61. The molecule has 0 unspecified atom stereocenters. The Kier molecular flexibility index (Phi) is 5.41. The number of hydrogen-bond acceptors (Lipinski definition) is 6. The lowest BCUT2D eigenvalue weighted by Crippen LogP contribution is -2.32. The predicted molar refractivity (Wildman–Crippen MR) is 84.8 cm³/mol. The highest BCUT2D eigenvalue weighted by molar-refractivity contribution is 7.94. The molecule has 0 saturated heterocycles. The van der Waals surface area contributed by atoms with Crippen molar-refractivity contribution >= 4 is 27.0 Å². The Morgan fingerprint density at radius 3 is 2.68 bits per heavy atom. The van der Waals surface area contributed by atoms with Gasteiger partial charge in [-0.15, -0.1) is 11.3 Å². The van der Waals surface area contributed by atoms with E-state index in [1.807, 2.05) is 0 Å². The van der Waals surface area contributed by atoms with E-state index in [4.69, 9.17) is 9.47 Å². The molecule has 0 spiro atoms. The summed E-state index contributed by atoms with van der Waals surface area (Å²) in [5.74, 6) is 0.544. The fraction of sp³-hybridized carbons (Fsp3) is 0.286. The summed E-state index contributed by atoms with van der Waals surface area (Å²) < 4.78 is 37.2. The zero-order valence-corrected chi connectivity index (χ0v) is 13.9. The zero-order valence-electron chi connectivity index (χ0n) is 12.2. The van der Waals surface area contributed by atoms with Gasteiger partial charge in [0.25, 0.3) is 10.0 Å². The Bertz CT molecular complexity index is 726. The first-order chi connectivity index (χ1) is 10.5. The average molecular weight is 343 g/mol. The lowest BCUT2D eigenvalue weighted by atomic mass is 10.3. The Morgan fingerprint density at radius 1 is 1.27 bits per heavy atom. The third kappa shape index (κ3) is 3.25. The van der Waals surface area contributed by atoms with E-state index < -0.39 is 10.0 Å². The van der Waals surface area contributed by atoms with Gasteiger partial charge in [0.05, 0.1) is 19.4 Å². The van der Waals surface area contributed by atoms with Crippen molar-refractivity contribution in [2.45, 2.75) is 10.8 Å². The van der Waals surface area contributed by atoms with Gasteiger partial charge in [0.1, 0.15) is 16.7 Å². The SMILES string of the molecule is COCN(c1cccc(OC)c1)S(=O)(=O)c1sccc1CO. The van der Waals surface area contributed by atoms with E-state index in [-0.39, 0.29) is 17.5 Å². The van der Waals surface area contributed by atoms with Crippen LogP contribution in [0, 0.1) is 0 Å². The minimum Gasteiger partial charge on any atom is -0.497 e. The average Bonchev–Trinajstić information content (AvgIpc) is 3.02. The molecule has 8 heteroatoms. The van der Waals surface area contributed by atoms with Gasteiger partial charge in [-0.1, -0.05) is 6.07 Å². The van der Waals surface area contributed by atoms with Gasteiger partial charge in [-0.25, -0.2) is 12.7 Å². The van der Waals surface area contributed by atoms with Crippen LogP contribution in [0.2, 0.25) is 0 Å². The predicted octanol–water partition coefficient (Wildman–Crippen LogP) is 2.05. The second-order valence-electron chi connectivity index (χ2n) is 4.36. The van der Waals surface area contributed by atoms with Crippen molar-refractivity contribution in [1.82, 2.24) is 0 Å². The summed E-state index contributed by atoms with van der Waals surface area (Å²) in [5, 5.41) is 10.9. The number of sulfonamides is 1. The summed E-state index contributed by atoms with van der Waals surface area (Å²) >= 11 is 1.06. The van der Waals surface area contributed by atoms with Crippen molar-refractivity contribution in [3.63, 3.8) is 0 Å². The van der Waals surface area contributed by atoms with Crippen molar-refractivity contribution in [2.75, 3.05) is 25.3 Å². The molecule has 0 bridgehead atoms. The molecule has 120 valence electrons. The maximum Gasteiger partial charge on any atom is 0.276 e. The quantitative estimate of drug-likeness (QED) is 0.779. The number of thiophene rings is 1. The minimum absolute atomic E-state index is 0.106. The summed E-state index contributed by atoms with van der Waals surface area (Å²) in [5.41, 5.74) is 0.799. The molecular weight excluding hydrogens is 326 g/mol. The van der Waals surface area contributed by atoms with Crippen LogP contribution in [-0.2, 0) is 21.4 Å². The van der Waals surface area contributed by atoms with Gasteiger partial charge < -0.3 is 14.6 Å². The largest absolute Gasteiger partial charge is 0.497 e. The number of aliphatic hydroxyl groups excluding tert-OH is 1. The molecule has 6 nitrogen and oxygen atoms in total. The van der Waals surface area contributed by atoms with Crippen LogP contribution in [-0.4, -0.2) is 34.5 Å². The fourth-order valence-electron chi connectivity index (χ4n) is 1.93. The van der Waals surface area contributed by atoms with E-state index in [9.17, 15) is 13.5 Å². The van der Waals surface area contributed by atoms with Gasteiger partial charge in [-0.3, -0.25) is 0 Å². The van der Waals surface area contributed by atoms with Crippen molar-refractivity contribution in [3.8, 4) is 5.75 Å². The van der Waals surface area contributed by atoms with E-state index in [2.05, 4.69) is 0 Å². The molecule has 1 heterocycles. The minimum atomic E-state index is -3.83. The van der Waals surface area contributed by atoms with E-state index in [1.54, 1.807) is 35.7 Å². The van der Waals surface area contributed by atoms with Crippen molar-refractivity contribution in [2.24, 2.45) is 0 Å². The molecule has 0 aliphatic heterocycles. The number of benzene rings is 1. The second-order valence-corrected chi connectivity index (χ2v) is 7.34. The molecule has 2 rings (SSSR count). The van der Waals surface area contributed by atoms with Crippen LogP contribution >= 0.6 is 11.3 Å². The van der Waals surface area contributed by atoms with E-state index in [0.717, 1.165) is 15.6 Å². The van der Waals surface area contributed by atoms with Crippen molar-refractivity contribution in [3.05, 3.63) is 41.3 Å². The molecule has 0 saturated carbocycles. The zero-order chi connectivity index (χ0) is 16.2. The summed E-state index contributed by atoms with van der Waals surface area (Å²) in [7, 11) is -0.897. The summed E-state index contributed by atoms with van der Waals surface area (Å²) in [4.78, 5) is 0. The molecule has 0 aliphatic rings. The maximum absolute atomic E-state index is 12.9. The van der Waals surface area contributed by atoms with Crippen LogP contribution in [0.5, 0.6) is 5.75 Å². The molecule has 0 atom stereocenters. The molecule has 1 aromatic carbocycles. The molecule has 1 aromatic heterocycles. The smallest absolute Gasteiger partial charge is 0.276 e. The van der Waals surface area contributed by atoms with Gasteiger partial charge in [0, 0.05) is 18.7 Å². The van der Waals surface area contributed by atoms with Crippen LogP contribution in [0.15, 0.2) is 39.9 Å². The maximum atomic E-state index is 12.9. The summed E-state index contributed by atoms with van der Waals surface area (Å²) in [6.45, 7) is -0.477. The van der Waals surface area contributed by atoms with Gasteiger partial charge in [0.2, 0.25) is 0 Å². The first kappa shape index (κ1) is 16.8. The number of hydrogen-bond donors (Lipinski definition) is 1. The normalized spacial score (nSPS) is 11.4. The van der Waals surface area contributed by atoms with E-state index >= 15 is 0 Å². The van der Waals surface area contributed by atoms with E-state index in [1.165, 1.54) is 14.2 Å². The topological polar surface area (TPSA) is 76.1 Å². The van der Waals surface area contributed by atoms with Gasteiger partial charge in [-0.05, 0) is 23.6 Å². The highest BCUT2D eigenvalue weighted by atomic mass is 32.2. The molecule has 0 radical (unpaired) electrons. The molecule has 0 aliphatic carbocycles. The fourth-order valence-corrected chi connectivity index (χ4v) is 4.79. The molecular formula is C14H17NO5S2. The third-order valence-electron chi connectivity index (χ3n) is 2.99. The first-order valence-corrected chi connectivity index (χ1v) is 8.69. The number of methoxy groups -OCH3 is 2. The third-order valence-corrected chi connectivity index (χ3v) is 6.29. The molecule has 0 fully saturated rings. The Labute approximate surface area is 133 Å². The molecule has 22 heavy (non-hydrogen) atoms. The first-order valence-electron chi connectivity index (χ1n) is 6.37. The van der Waals surface area contributed by atoms with Gasteiger partial charge in [-0.2, -0.15) is 0 Å². The van der Waals surface area contributed by atoms with E-state index in [0.29, 0.717) is 17.0 Å². The lowest BCUT2D eigenvalue weighted by molar-refractivity contribution is 0.209. The van der Waals surface area contributed by atoms with Crippen LogP contribution in [0.25, 0.3) is 0 Å². The number of ether oxygens (including phenoxy) is 2. The number of anilines is 1. The molecule has 0 amide bonds. The van der Waals surface area contributed by atoms with Crippen LogP contribution < -0.4 is 9.04 Å². The Balaban J connectivity index is 2.50. The number of aliphatic hydroxyl groups is 1. The lowest BCUT2D eigenvalue weighted by Gasteiger charge is -2.23. The molecule has 2 aromatic rings. The highest BCUT2D eigenvalue weighted by Gasteiger charge is 2.28. The van der Waals surface area contributed by atoms with Crippen LogP contribution in [0.4, 0.5) is 5.69 Å². The van der Waals surface area contributed by atoms with Crippen LogP contribution in [0.3, 0.4) is 0 Å². The number of nitrogens with zero attached hydrogens (tertiary/aromatic N) is 1. The number of rotatable bonds is 7. The Morgan fingerprint density at radius 2 is 2.05 bits per heavy atom. The van der Waals surface area contributed by atoms with Gasteiger partial charge >= 0.3 is 0 Å². The summed E-state index contributed by atoms with van der Waals surface area (Å²) in [6.07, 6.45) is 0.